The molecule has 0 saturated carbocycles. The highest BCUT2D eigenvalue weighted by atomic mass is 35.5. The highest BCUT2D eigenvalue weighted by Gasteiger charge is 2.17. The van der Waals surface area contributed by atoms with E-state index in [9.17, 15) is 4.39 Å². The molecule has 1 aromatic carbocycles. The maximum absolute atomic E-state index is 14.1. The lowest BCUT2D eigenvalue weighted by molar-refractivity contribution is 0.414. The molecule has 20 heavy (non-hydrogen) atoms. The van der Waals surface area contributed by atoms with Crippen LogP contribution in [0, 0.1) is 5.82 Å². The summed E-state index contributed by atoms with van der Waals surface area (Å²) in [5, 5.41) is 0. The van der Waals surface area contributed by atoms with Crippen LogP contribution >= 0.6 is 11.6 Å². The molecule has 106 valence electrons. The molecule has 0 aliphatic carbocycles. The lowest BCUT2D eigenvalue weighted by Gasteiger charge is -2.13. The van der Waals surface area contributed by atoms with Crippen molar-refractivity contribution in [1.82, 2.24) is 9.97 Å². The van der Waals surface area contributed by atoms with E-state index in [1.165, 1.54) is 6.07 Å². The standard InChI is InChI=1S/C15H16ClFN2O/c1-9(2)14-15(18-8-10(7-16)19-14)12-6-11(20-3)4-5-13(12)17/h4-6,8-9H,7H2,1-3H3. The van der Waals surface area contributed by atoms with Crippen molar-refractivity contribution in [3.05, 3.63) is 41.6 Å². The van der Waals surface area contributed by atoms with E-state index in [0.717, 1.165) is 5.69 Å². The van der Waals surface area contributed by atoms with Crippen molar-refractivity contribution in [2.75, 3.05) is 7.11 Å². The van der Waals surface area contributed by atoms with Gasteiger partial charge in [-0.15, -0.1) is 11.6 Å². The van der Waals surface area contributed by atoms with Gasteiger partial charge in [0.25, 0.3) is 0 Å². The van der Waals surface area contributed by atoms with Crippen LogP contribution in [-0.2, 0) is 5.88 Å². The Morgan fingerprint density at radius 2 is 2.10 bits per heavy atom. The number of alkyl halides is 1. The Morgan fingerprint density at radius 3 is 2.70 bits per heavy atom. The molecular weight excluding hydrogens is 279 g/mol. The minimum absolute atomic E-state index is 0.117. The molecule has 1 heterocycles. The molecule has 0 radical (unpaired) electrons. The van der Waals surface area contributed by atoms with Crippen molar-refractivity contribution in [2.24, 2.45) is 0 Å². The van der Waals surface area contributed by atoms with E-state index < -0.39 is 0 Å². The molecule has 0 aliphatic heterocycles. The van der Waals surface area contributed by atoms with E-state index in [1.54, 1.807) is 25.4 Å². The molecular formula is C15H16ClFN2O. The zero-order valence-corrected chi connectivity index (χ0v) is 12.4. The highest BCUT2D eigenvalue weighted by molar-refractivity contribution is 6.16. The first-order valence-corrected chi connectivity index (χ1v) is 6.86. The largest absolute Gasteiger partial charge is 0.497 e. The summed E-state index contributed by atoms with van der Waals surface area (Å²) in [4.78, 5) is 8.80. The zero-order chi connectivity index (χ0) is 14.7. The maximum Gasteiger partial charge on any atom is 0.132 e. The number of hydrogen-bond donors (Lipinski definition) is 0. The highest BCUT2D eigenvalue weighted by Crippen LogP contribution is 2.30. The number of rotatable bonds is 4. The van der Waals surface area contributed by atoms with Crippen LogP contribution in [0.15, 0.2) is 24.4 Å². The van der Waals surface area contributed by atoms with Gasteiger partial charge in [0, 0.05) is 5.56 Å². The predicted octanol–water partition coefficient (Wildman–Crippen LogP) is 4.15. The average Bonchev–Trinajstić information content (AvgIpc) is 2.47. The SMILES string of the molecule is COc1ccc(F)c(-c2ncc(CCl)nc2C(C)C)c1. The minimum atomic E-state index is -0.347. The third-order valence-electron chi connectivity index (χ3n) is 2.96. The summed E-state index contributed by atoms with van der Waals surface area (Å²) in [5.74, 6) is 0.638. The van der Waals surface area contributed by atoms with Gasteiger partial charge >= 0.3 is 0 Å². The molecule has 5 heteroatoms. The molecule has 0 saturated heterocycles. The van der Waals surface area contributed by atoms with Crippen LogP contribution in [0.25, 0.3) is 11.3 Å². The molecule has 0 aliphatic rings. The molecule has 0 N–H and O–H groups in total. The van der Waals surface area contributed by atoms with Gasteiger partial charge in [0.2, 0.25) is 0 Å². The molecule has 0 spiro atoms. The smallest absolute Gasteiger partial charge is 0.132 e. The number of aromatic nitrogens is 2. The van der Waals surface area contributed by atoms with Gasteiger partial charge in [-0.05, 0) is 24.1 Å². The first kappa shape index (κ1) is 14.7. The summed E-state index contributed by atoms with van der Waals surface area (Å²) >= 11 is 5.78. The molecule has 1 aromatic heterocycles. The molecule has 3 nitrogen and oxygen atoms in total. The van der Waals surface area contributed by atoms with Crippen molar-refractivity contribution in [2.45, 2.75) is 25.6 Å². The zero-order valence-electron chi connectivity index (χ0n) is 11.7. The second-order valence-electron chi connectivity index (χ2n) is 4.73. The molecule has 0 bridgehead atoms. The van der Waals surface area contributed by atoms with Crippen molar-refractivity contribution in [3.63, 3.8) is 0 Å². The van der Waals surface area contributed by atoms with Crippen LogP contribution in [0.2, 0.25) is 0 Å². The summed E-state index contributed by atoms with van der Waals surface area (Å²) in [5.41, 5.74) is 2.34. The van der Waals surface area contributed by atoms with E-state index in [1.807, 2.05) is 13.8 Å². The van der Waals surface area contributed by atoms with Gasteiger partial charge in [0.1, 0.15) is 11.6 Å². The maximum atomic E-state index is 14.1. The van der Waals surface area contributed by atoms with Gasteiger partial charge in [-0.3, -0.25) is 9.97 Å². The topological polar surface area (TPSA) is 35.0 Å². The third-order valence-corrected chi connectivity index (χ3v) is 3.24. The Bertz CT molecular complexity index is 617. The van der Waals surface area contributed by atoms with Crippen LogP contribution in [0.3, 0.4) is 0 Å². The van der Waals surface area contributed by atoms with E-state index in [0.29, 0.717) is 22.7 Å². The van der Waals surface area contributed by atoms with Crippen LogP contribution < -0.4 is 4.74 Å². The number of methoxy groups -OCH3 is 1. The summed E-state index contributed by atoms with van der Waals surface area (Å²) in [6.45, 7) is 3.98. The Labute approximate surface area is 122 Å². The Kier molecular flexibility index (Phi) is 4.55. The number of nitrogens with zero attached hydrogens (tertiary/aromatic N) is 2. The van der Waals surface area contributed by atoms with Gasteiger partial charge in [-0.1, -0.05) is 13.8 Å². The van der Waals surface area contributed by atoms with Crippen molar-refractivity contribution in [3.8, 4) is 17.0 Å². The Morgan fingerprint density at radius 1 is 1.35 bits per heavy atom. The van der Waals surface area contributed by atoms with Crippen LogP contribution in [-0.4, -0.2) is 17.1 Å². The molecule has 2 rings (SSSR count). The number of ether oxygens (including phenoxy) is 1. The van der Waals surface area contributed by atoms with Gasteiger partial charge in [-0.2, -0.15) is 0 Å². The molecule has 0 amide bonds. The van der Waals surface area contributed by atoms with Gasteiger partial charge in [0.15, 0.2) is 0 Å². The fourth-order valence-electron chi connectivity index (χ4n) is 1.93. The number of halogens is 2. The Balaban J connectivity index is 2.62. The fraction of sp³-hybridized carbons (Fsp3) is 0.333. The lowest BCUT2D eigenvalue weighted by Crippen LogP contribution is -2.03. The first-order valence-electron chi connectivity index (χ1n) is 6.32. The van der Waals surface area contributed by atoms with E-state index in [2.05, 4.69) is 9.97 Å². The molecule has 0 unspecified atom stereocenters. The molecule has 2 aromatic rings. The Hall–Kier alpha value is -1.68. The quantitative estimate of drug-likeness (QED) is 0.795. The van der Waals surface area contributed by atoms with E-state index in [-0.39, 0.29) is 17.6 Å². The van der Waals surface area contributed by atoms with E-state index >= 15 is 0 Å². The third kappa shape index (κ3) is 2.90. The summed E-state index contributed by atoms with van der Waals surface area (Å²) < 4.78 is 19.2. The van der Waals surface area contributed by atoms with Crippen LogP contribution in [0.4, 0.5) is 4.39 Å². The minimum Gasteiger partial charge on any atom is -0.497 e. The van der Waals surface area contributed by atoms with Crippen molar-refractivity contribution < 1.29 is 9.13 Å². The van der Waals surface area contributed by atoms with Gasteiger partial charge < -0.3 is 4.74 Å². The first-order chi connectivity index (χ1) is 9.56. The second kappa shape index (κ2) is 6.18. The van der Waals surface area contributed by atoms with E-state index in [4.69, 9.17) is 16.3 Å². The number of hydrogen-bond acceptors (Lipinski definition) is 3. The number of benzene rings is 1. The van der Waals surface area contributed by atoms with Gasteiger partial charge in [-0.25, -0.2) is 4.39 Å². The van der Waals surface area contributed by atoms with Crippen LogP contribution in [0.5, 0.6) is 5.75 Å². The van der Waals surface area contributed by atoms with Crippen LogP contribution in [0.1, 0.15) is 31.2 Å². The van der Waals surface area contributed by atoms with Gasteiger partial charge in [0.05, 0.1) is 36.3 Å². The normalized spacial score (nSPS) is 10.9. The average molecular weight is 295 g/mol. The van der Waals surface area contributed by atoms with Crippen molar-refractivity contribution in [1.29, 1.82) is 0 Å². The molecule has 0 fully saturated rings. The monoisotopic (exact) mass is 294 g/mol. The predicted molar refractivity (Wildman–Crippen MR) is 77.6 cm³/mol. The summed E-state index contributed by atoms with van der Waals surface area (Å²) in [7, 11) is 1.54. The second-order valence-corrected chi connectivity index (χ2v) is 5.00. The summed E-state index contributed by atoms with van der Waals surface area (Å²) in [6.07, 6.45) is 1.58. The summed E-state index contributed by atoms with van der Waals surface area (Å²) in [6, 6.07) is 4.58. The molecule has 0 atom stereocenters. The lowest BCUT2D eigenvalue weighted by atomic mass is 10.0. The fourth-order valence-corrected chi connectivity index (χ4v) is 2.06. The van der Waals surface area contributed by atoms with Crippen molar-refractivity contribution >= 4 is 11.6 Å².